The lowest BCUT2D eigenvalue weighted by molar-refractivity contribution is -0.149. The van der Waals surface area contributed by atoms with Crippen molar-refractivity contribution in [2.75, 3.05) is 12.4 Å². The summed E-state index contributed by atoms with van der Waals surface area (Å²) in [5.41, 5.74) is 0.162. The number of amides is 1. The van der Waals surface area contributed by atoms with Crippen LogP contribution in [0.3, 0.4) is 0 Å². The van der Waals surface area contributed by atoms with E-state index in [9.17, 15) is 19.6 Å². The van der Waals surface area contributed by atoms with Crippen molar-refractivity contribution >= 4 is 17.7 Å². The first kappa shape index (κ1) is 19.5. The molecule has 4 rings (SSSR count). The van der Waals surface area contributed by atoms with Crippen LogP contribution in [-0.2, 0) is 10.5 Å². The van der Waals surface area contributed by atoms with Gasteiger partial charge < -0.3 is 9.84 Å². The van der Waals surface area contributed by atoms with E-state index in [2.05, 4.69) is 6.07 Å². The van der Waals surface area contributed by atoms with Gasteiger partial charge in [0.15, 0.2) is 5.72 Å². The van der Waals surface area contributed by atoms with Crippen LogP contribution in [0.4, 0.5) is 4.39 Å². The largest absolute Gasteiger partial charge is 0.494 e. The number of benzene rings is 2. The minimum atomic E-state index is -1.53. The number of carbonyl (C=O) groups is 1. The second kappa shape index (κ2) is 7.54. The summed E-state index contributed by atoms with van der Waals surface area (Å²) < 4.78 is 18.7. The minimum absolute atomic E-state index is 0.0396. The molecule has 0 spiro atoms. The highest BCUT2D eigenvalue weighted by atomic mass is 32.2. The van der Waals surface area contributed by atoms with Crippen LogP contribution in [0.2, 0.25) is 0 Å². The van der Waals surface area contributed by atoms with Crippen molar-refractivity contribution in [2.45, 2.75) is 25.0 Å². The normalized spacial score (nSPS) is 23.7. The Bertz CT molecular complexity index is 1010. The number of allylic oxidation sites excluding steroid dienone is 1. The van der Waals surface area contributed by atoms with Gasteiger partial charge in [0.05, 0.1) is 29.0 Å². The maximum Gasteiger partial charge on any atom is 0.231 e. The first-order chi connectivity index (χ1) is 14.0. The lowest BCUT2D eigenvalue weighted by Crippen LogP contribution is -2.48. The van der Waals surface area contributed by atoms with Crippen LogP contribution in [-0.4, -0.2) is 28.3 Å². The molecule has 1 amide bonds. The summed E-state index contributed by atoms with van der Waals surface area (Å²) in [6.45, 7) is 2.42. The summed E-state index contributed by atoms with van der Waals surface area (Å²) in [7, 11) is 0. The van der Waals surface area contributed by atoms with Crippen LogP contribution < -0.4 is 4.74 Å². The maximum atomic E-state index is 13.3. The number of hydrogen-bond donors (Lipinski definition) is 1. The fraction of sp³-hybridized carbons (Fsp3) is 0.273. The van der Waals surface area contributed by atoms with Gasteiger partial charge in [-0.15, -0.1) is 11.8 Å². The number of fused-ring (bicyclic) bond motifs is 1. The number of aliphatic hydroxyl groups is 1. The van der Waals surface area contributed by atoms with E-state index in [1.807, 2.05) is 6.92 Å². The molecule has 0 bridgehead atoms. The summed E-state index contributed by atoms with van der Waals surface area (Å²) >= 11 is 1.29. The van der Waals surface area contributed by atoms with Gasteiger partial charge >= 0.3 is 0 Å². The lowest BCUT2D eigenvalue weighted by atomic mass is 9.85. The molecule has 0 unspecified atom stereocenters. The number of halogens is 1. The Morgan fingerprint density at radius 3 is 2.59 bits per heavy atom. The Balaban J connectivity index is 1.73. The Hall–Kier alpha value is -2.82. The molecule has 1 N–H and O–H groups in total. The number of carbonyl (C=O) groups excluding carboxylic acids is 1. The van der Waals surface area contributed by atoms with E-state index in [1.54, 1.807) is 36.4 Å². The third kappa shape index (κ3) is 3.28. The molecule has 2 aliphatic heterocycles. The molecule has 2 aliphatic rings. The molecule has 0 saturated carbocycles. The highest BCUT2D eigenvalue weighted by Gasteiger charge is 2.51. The first-order valence-corrected chi connectivity index (χ1v) is 10.3. The highest BCUT2D eigenvalue weighted by Crippen LogP contribution is 2.51. The van der Waals surface area contributed by atoms with Gasteiger partial charge in [0.2, 0.25) is 5.91 Å². The van der Waals surface area contributed by atoms with Crippen molar-refractivity contribution in [3.8, 4) is 11.8 Å². The van der Waals surface area contributed by atoms with Gasteiger partial charge in [-0.3, -0.25) is 9.69 Å². The monoisotopic (exact) mass is 410 g/mol. The van der Waals surface area contributed by atoms with Crippen molar-refractivity contribution in [1.82, 2.24) is 4.90 Å². The van der Waals surface area contributed by atoms with Gasteiger partial charge in [0.25, 0.3) is 0 Å². The molecule has 2 aromatic rings. The standard InChI is InChI=1S/C22H19FN2O3S/c1-2-28-17-9-5-15(6-10-17)22(27)13-29-21-19(12-24)18(11-20(26)25(21)22)14-3-7-16(23)8-4-14/h3-10,18,27H,2,11,13H2,1H3/t18-,22-/m0/s1. The van der Waals surface area contributed by atoms with Crippen molar-refractivity contribution in [3.63, 3.8) is 0 Å². The number of nitrogens with zero attached hydrogens (tertiary/aromatic N) is 2. The van der Waals surface area contributed by atoms with E-state index in [-0.39, 0.29) is 23.9 Å². The molecule has 0 radical (unpaired) electrons. The number of nitriles is 1. The number of thioether (sulfide) groups is 1. The van der Waals surface area contributed by atoms with Crippen LogP contribution in [0.25, 0.3) is 0 Å². The Labute approximate surface area is 172 Å². The Morgan fingerprint density at radius 2 is 1.97 bits per heavy atom. The molecule has 29 heavy (non-hydrogen) atoms. The number of ether oxygens (including phenoxy) is 1. The predicted octanol–water partition coefficient (Wildman–Crippen LogP) is 3.87. The molecule has 148 valence electrons. The Morgan fingerprint density at radius 1 is 1.28 bits per heavy atom. The topological polar surface area (TPSA) is 73.6 Å². The van der Waals surface area contributed by atoms with Crippen LogP contribution in [0.15, 0.2) is 59.1 Å². The molecular formula is C22H19FN2O3S. The average Bonchev–Trinajstić information content (AvgIpc) is 3.08. The summed E-state index contributed by atoms with van der Waals surface area (Å²) in [6.07, 6.45) is 0.0396. The molecule has 7 heteroatoms. The fourth-order valence-electron chi connectivity index (χ4n) is 3.80. The maximum absolute atomic E-state index is 13.3. The quantitative estimate of drug-likeness (QED) is 0.828. The zero-order valence-electron chi connectivity index (χ0n) is 15.8. The van der Waals surface area contributed by atoms with E-state index in [4.69, 9.17) is 4.74 Å². The van der Waals surface area contributed by atoms with Gasteiger partial charge in [0, 0.05) is 17.9 Å². The van der Waals surface area contributed by atoms with Gasteiger partial charge in [-0.05, 0) is 36.8 Å². The zero-order chi connectivity index (χ0) is 20.6. The van der Waals surface area contributed by atoms with Gasteiger partial charge in [-0.2, -0.15) is 5.26 Å². The number of rotatable bonds is 4. The fourth-order valence-corrected chi connectivity index (χ4v) is 5.16. The van der Waals surface area contributed by atoms with Gasteiger partial charge in [0.1, 0.15) is 11.6 Å². The Kier molecular flexibility index (Phi) is 5.07. The van der Waals surface area contributed by atoms with E-state index in [0.717, 1.165) is 0 Å². The van der Waals surface area contributed by atoms with Crippen molar-refractivity contribution in [2.24, 2.45) is 0 Å². The molecule has 5 nitrogen and oxygen atoms in total. The van der Waals surface area contributed by atoms with Gasteiger partial charge in [-0.25, -0.2) is 4.39 Å². The molecular weight excluding hydrogens is 391 g/mol. The van der Waals surface area contributed by atoms with Crippen LogP contribution in [0.1, 0.15) is 30.4 Å². The van der Waals surface area contributed by atoms with E-state index in [0.29, 0.717) is 34.1 Å². The molecule has 2 atom stereocenters. The third-order valence-electron chi connectivity index (χ3n) is 5.21. The smallest absolute Gasteiger partial charge is 0.231 e. The summed E-state index contributed by atoms with van der Waals surface area (Å²) in [6, 6.07) is 15.0. The molecule has 1 saturated heterocycles. The molecule has 2 heterocycles. The lowest BCUT2D eigenvalue weighted by Gasteiger charge is -2.38. The van der Waals surface area contributed by atoms with E-state index >= 15 is 0 Å². The highest BCUT2D eigenvalue weighted by molar-refractivity contribution is 8.03. The molecule has 1 fully saturated rings. The molecule has 2 aromatic carbocycles. The minimum Gasteiger partial charge on any atom is -0.494 e. The van der Waals surface area contributed by atoms with E-state index < -0.39 is 11.6 Å². The predicted molar refractivity (Wildman–Crippen MR) is 107 cm³/mol. The number of hydrogen-bond acceptors (Lipinski definition) is 5. The van der Waals surface area contributed by atoms with Crippen LogP contribution in [0, 0.1) is 17.1 Å². The average molecular weight is 410 g/mol. The third-order valence-corrected chi connectivity index (χ3v) is 6.43. The van der Waals surface area contributed by atoms with Crippen molar-refractivity contribution in [3.05, 3.63) is 76.1 Å². The van der Waals surface area contributed by atoms with E-state index in [1.165, 1.54) is 28.8 Å². The molecule has 0 aliphatic carbocycles. The summed E-state index contributed by atoms with van der Waals surface area (Å²) in [5, 5.41) is 21.7. The van der Waals surface area contributed by atoms with Gasteiger partial charge in [-0.1, -0.05) is 24.3 Å². The zero-order valence-corrected chi connectivity index (χ0v) is 16.6. The first-order valence-electron chi connectivity index (χ1n) is 9.29. The van der Waals surface area contributed by atoms with Crippen LogP contribution in [0.5, 0.6) is 5.75 Å². The van der Waals surface area contributed by atoms with Crippen LogP contribution >= 0.6 is 11.8 Å². The summed E-state index contributed by atoms with van der Waals surface area (Å²) in [4.78, 5) is 14.4. The van der Waals surface area contributed by atoms with Crippen molar-refractivity contribution < 1.29 is 19.0 Å². The second-order valence-corrected chi connectivity index (χ2v) is 7.89. The SMILES string of the molecule is CCOc1ccc([C@@]2(O)CSC3=C(C#N)[C@H](c4ccc(F)cc4)CC(=O)N32)cc1. The second-order valence-electron chi connectivity index (χ2n) is 6.93. The molecule has 0 aromatic heterocycles. The summed E-state index contributed by atoms with van der Waals surface area (Å²) in [5.74, 6) is -0.183. The van der Waals surface area contributed by atoms with Crippen molar-refractivity contribution in [1.29, 1.82) is 5.26 Å².